The topological polar surface area (TPSA) is 116 Å². The van der Waals surface area contributed by atoms with E-state index in [0.717, 1.165) is 12.1 Å². The lowest BCUT2D eigenvalue weighted by Gasteiger charge is -2.12. The molecule has 0 bridgehead atoms. The van der Waals surface area contributed by atoms with Crippen molar-refractivity contribution in [1.29, 1.82) is 0 Å². The number of amides is 2. The summed E-state index contributed by atoms with van der Waals surface area (Å²) in [7, 11) is 0. The van der Waals surface area contributed by atoms with Gasteiger partial charge in [0.05, 0.1) is 5.69 Å². The van der Waals surface area contributed by atoms with Gasteiger partial charge in [-0.3, -0.25) is 23.9 Å². The number of nitrogens with one attached hydrogen (secondary N) is 1. The number of carbonyl (C=O) groups excluding carboxylic acids is 2. The van der Waals surface area contributed by atoms with Crippen LogP contribution in [0.4, 0.5) is 14.5 Å². The number of para-hydroxylation sites is 1. The SMILES string of the molecule is Cl.NC(=O)c1cc(Oc2cc(F)c(NC(=O)c3cccn(-c4ccccc4)c3=O)cc2F)ccn1. The number of halogens is 3. The first-order valence-corrected chi connectivity index (χ1v) is 9.84. The van der Waals surface area contributed by atoms with Crippen LogP contribution in [0, 0.1) is 11.6 Å². The van der Waals surface area contributed by atoms with Gasteiger partial charge in [0.1, 0.15) is 17.0 Å². The number of aromatic nitrogens is 2. The highest BCUT2D eigenvalue weighted by Crippen LogP contribution is 2.29. The van der Waals surface area contributed by atoms with Gasteiger partial charge in [-0.25, -0.2) is 8.78 Å². The molecule has 0 saturated carbocycles. The molecule has 35 heavy (non-hydrogen) atoms. The number of pyridine rings is 2. The number of ether oxygens (including phenoxy) is 1. The van der Waals surface area contributed by atoms with E-state index >= 15 is 0 Å². The third-order valence-corrected chi connectivity index (χ3v) is 4.71. The minimum atomic E-state index is -1.01. The van der Waals surface area contributed by atoms with Crippen LogP contribution in [-0.4, -0.2) is 21.4 Å². The largest absolute Gasteiger partial charge is 0.454 e. The summed E-state index contributed by atoms with van der Waals surface area (Å²) in [4.78, 5) is 40.4. The molecule has 0 spiro atoms. The first-order chi connectivity index (χ1) is 16.3. The van der Waals surface area contributed by atoms with Crippen molar-refractivity contribution in [2.45, 2.75) is 0 Å². The monoisotopic (exact) mass is 498 g/mol. The van der Waals surface area contributed by atoms with Crippen LogP contribution < -0.4 is 21.3 Å². The maximum Gasteiger partial charge on any atom is 0.267 e. The van der Waals surface area contributed by atoms with Crippen LogP contribution >= 0.6 is 12.4 Å². The van der Waals surface area contributed by atoms with E-state index in [1.807, 2.05) is 0 Å². The Kier molecular flexibility index (Phi) is 7.57. The second-order valence-corrected chi connectivity index (χ2v) is 6.99. The lowest BCUT2D eigenvalue weighted by Crippen LogP contribution is -2.28. The van der Waals surface area contributed by atoms with E-state index in [1.165, 1.54) is 41.2 Å². The summed E-state index contributed by atoms with van der Waals surface area (Å²) in [6, 6.07) is 15.3. The number of nitrogens with zero attached hydrogens (tertiary/aromatic N) is 2. The fourth-order valence-corrected chi connectivity index (χ4v) is 3.09. The molecular formula is C24H17ClF2N4O4. The zero-order chi connectivity index (χ0) is 24.2. The number of nitrogens with two attached hydrogens (primary N) is 1. The fourth-order valence-electron chi connectivity index (χ4n) is 3.09. The second-order valence-electron chi connectivity index (χ2n) is 6.99. The number of hydrogen-bond donors (Lipinski definition) is 2. The van der Waals surface area contributed by atoms with Gasteiger partial charge in [0, 0.05) is 36.3 Å². The highest BCUT2D eigenvalue weighted by Gasteiger charge is 2.18. The molecule has 0 radical (unpaired) electrons. The zero-order valence-electron chi connectivity index (χ0n) is 17.8. The van der Waals surface area contributed by atoms with Gasteiger partial charge in [-0.1, -0.05) is 18.2 Å². The lowest BCUT2D eigenvalue weighted by molar-refractivity contribution is 0.0993. The molecule has 0 aliphatic heterocycles. The summed E-state index contributed by atoms with van der Waals surface area (Å²) in [5.74, 6) is -4.23. The van der Waals surface area contributed by atoms with Crippen molar-refractivity contribution in [2.75, 3.05) is 5.32 Å². The van der Waals surface area contributed by atoms with Gasteiger partial charge in [0.2, 0.25) is 0 Å². The lowest BCUT2D eigenvalue weighted by atomic mass is 10.2. The maximum absolute atomic E-state index is 14.6. The van der Waals surface area contributed by atoms with E-state index in [1.54, 1.807) is 30.3 Å². The molecule has 2 amide bonds. The van der Waals surface area contributed by atoms with Crippen LogP contribution in [0.3, 0.4) is 0 Å². The van der Waals surface area contributed by atoms with Gasteiger partial charge in [-0.15, -0.1) is 12.4 Å². The van der Waals surface area contributed by atoms with Crippen molar-refractivity contribution in [2.24, 2.45) is 5.73 Å². The van der Waals surface area contributed by atoms with E-state index in [9.17, 15) is 23.2 Å². The first kappa shape index (κ1) is 25.1. The molecule has 2 aromatic heterocycles. The molecule has 0 atom stereocenters. The molecule has 4 rings (SSSR count). The summed E-state index contributed by atoms with van der Waals surface area (Å²) in [5, 5.41) is 2.21. The standard InChI is InChI=1S/C24H16F2N4O4.ClH/c25-17-13-21(34-15-8-9-28-20(11-15)22(27)31)18(26)12-19(17)29-23(32)16-7-4-10-30(24(16)33)14-5-2-1-3-6-14;/h1-13H,(H2,27,31)(H,29,32);1H. The molecule has 8 nitrogen and oxygen atoms in total. The highest BCUT2D eigenvalue weighted by molar-refractivity contribution is 6.04. The second kappa shape index (κ2) is 10.6. The third kappa shape index (κ3) is 5.50. The van der Waals surface area contributed by atoms with Crippen molar-refractivity contribution < 1.29 is 23.1 Å². The minimum Gasteiger partial charge on any atom is -0.454 e. The van der Waals surface area contributed by atoms with E-state index in [4.69, 9.17) is 10.5 Å². The molecule has 0 aliphatic rings. The van der Waals surface area contributed by atoms with E-state index in [0.29, 0.717) is 5.69 Å². The molecular weight excluding hydrogens is 482 g/mol. The molecule has 11 heteroatoms. The normalized spacial score (nSPS) is 10.2. The van der Waals surface area contributed by atoms with E-state index in [-0.39, 0.29) is 29.4 Å². The molecule has 178 valence electrons. The number of carbonyl (C=O) groups is 2. The van der Waals surface area contributed by atoms with Crippen LogP contribution in [0.25, 0.3) is 5.69 Å². The van der Waals surface area contributed by atoms with Gasteiger partial charge in [0.25, 0.3) is 17.4 Å². The Labute approximate surface area is 203 Å². The number of hydrogen-bond acceptors (Lipinski definition) is 5. The summed E-state index contributed by atoms with van der Waals surface area (Å²) >= 11 is 0. The number of anilines is 1. The Morgan fingerprint density at radius 2 is 1.71 bits per heavy atom. The summed E-state index contributed by atoms with van der Waals surface area (Å²) in [5.41, 5.74) is 4.18. The van der Waals surface area contributed by atoms with Crippen LogP contribution in [-0.2, 0) is 0 Å². The van der Waals surface area contributed by atoms with Gasteiger partial charge in [-0.05, 0) is 30.3 Å². The molecule has 0 aliphatic carbocycles. The van der Waals surface area contributed by atoms with E-state index < -0.39 is 40.4 Å². The van der Waals surface area contributed by atoms with Crippen molar-refractivity contribution in [3.63, 3.8) is 0 Å². The Hall–Kier alpha value is -4.57. The molecule has 3 N–H and O–H groups in total. The first-order valence-electron chi connectivity index (χ1n) is 9.84. The third-order valence-electron chi connectivity index (χ3n) is 4.71. The van der Waals surface area contributed by atoms with Crippen LogP contribution in [0.5, 0.6) is 11.5 Å². The van der Waals surface area contributed by atoms with E-state index in [2.05, 4.69) is 10.3 Å². The maximum atomic E-state index is 14.6. The zero-order valence-corrected chi connectivity index (χ0v) is 18.6. The Bertz CT molecular complexity index is 1460. The van der Waals surface area contributed by atoms with Crippen molar-refractivity contribution in [1.82, 2.24) is 9.55 Å². The highest BCUT2D eigenvalue weighted by atomic mass is 35.5. The van der Waals surface area contributed by atoms with Gasteiger partial charge in [0.15, 0.2) is 17.4 Å². The van der Waals surface area contributed by atoms with Gasteiger partial charge >= 0.3 is 0 Å². The number of rotatable bonds is 6. The minimum absolute atomic E-state index is 0. The van der Waals surface area contributed by atoms with Crippen molar-refractivity contribution >= 4 is 29.9 Å². The van der Waals surface area contributed by atoms with Gasteiger partial charge in [-0.2, -0.15) is 0 Å². The predicted molar refractivity (Wildman–Crippen MR) is 126 cm³/mol. The molecule has 0 unspecified atom stereocenters. The van der Waals surface area contributed by atoms with Crippen LogP contribution in [0.15, 0.2) is 83.9 Å². The van der Waals surface area contributed by atoms with Crippen LogP contribution in [0.1, 0.15) is 20.8 Å². The molecule has 4 aromatic rings. The summed E-state index contributed by atoms with van der Waals surface area (Å²) in [6.45, 7) is 0. The molecule has 2 aromatic carbocycles. The average Bonchev–Trinajstić information content (AvgIpc) is 2.83. The number of primary amides is 1. The Balaban J connectivity index is 0.00000342. The Morgan fingerprint density at radius 1 is 0.971 bits per heavy atom. The van der Waals surface area contributed by atoms with Crippen molar-refractivity contribution in [3.05, 3.63) is 112 Å². The van der Waals surface area contributed by atoms with Gasteiger partial charge < -0.3 is 15.8 Å². The predicted octanol–water partition coefficient (Wildman–Crippen LogP) is 4.08. The van der Waals surface area contributed by atoms with Crippen LogP contribution in [0.2, 0.25) is 0 Å². The average molecular weight is 499 g/mol. The molecule has 2 heterocycles. The Morgan fingerprint density at radius 3 is 2.43 bits per heavy atom. The van der Waals surface area contributed by atoms with Crippen molar-refractivity contribution in [3.8, 4) is 17.2 Å². The quantitative estimate of drug-likeness (QED) is 0.415. The number of benzene rings is 2. The summed E-state index contributed by atoms with van der Waals surface area (Å²) < 4.78 is 35.7. The smallest absolute Gasteiger partial charge is 0.267 e. The molecule has 0 saturated heterocycles. The molecule has 0 fully saturated rings. The fraction of sp³-hybridized carbons (Fsp3) is 0. The summed E-state index contributed by atoms with van der Waals surface area (Å²) in [6.07, 6.45) is 2.71.